The Kier molecular flexibility index (Phi) is 4.24. The summed E-state index contributed by atoms with van der Waals surface area (Å²) in [5.41, 5.74) is 10.5. The number of rotatable bonds is 3. The second kappa shape index (κ2) is 5.76. The molecule has 0 spiro atoms. The maximum Gasteiger partial charge on any atom is 0.253 e. The van der Waals surface area contributed by atoms with E-state index in [0.29, 0.717) is 16.7 Å². The van der Waals surface area contributed by atoms with Crippen LogP contribution in [0.15, 0.2) is 16.6 Å². The van der Waals surface area contributed by atoms with Crippen LogP contribution >= 0.6 is 15.9 Å². The molecule has 1 aliphatic heterocycles. The zero-order chi connectivity index (χ0) is 14.9. The van der Waals surface area contributed by atoms with Gasteiger partial charge in [-0.15, -0.1) is 0 Å². The summed E-state index contributed by atoms with van der Waals surface area (Å²) in [6, 6.07) is 2.74. The molecule has 0 aliphatic carbocycles. The van der Waals surface area contributed by atoms with Crippen molar-refractivity contribution in [3.05, 3.63) is 28.0 Å². The average molecular weight is 346 g/mol. The van der Waals surface area contributed by atoms with Crippen molar-refractivity contribution in [1.82, 2.24) is 0 Å². The smallest absolute Gasteiger partial charge is 0.253 e. The Morgan fingerprint density at radius 2 is 2.10 bits per heavy atom. The molecular formula is C12H13BrFN3O3. The standard InChI is InChI=1S/C12H13BrFN3O3/c13-6-3-7(14)10(12(16)19)8(4-6)17-1-2-20-9(5-17)11(15)18/h3-4,9H,1-2,5H2,(H2,15,18)(H2,16,19). The number of anilines is 1. The molecule has 0 radical (unpaired) electrons. The van der Waals surface area contributed by atoms with Gasteiger partial charge in [0.25, 0.3) is 5.91 Å². The number of nitrogens with zero attached hydrogens (tertiary/aromatic N) is 1. The maximum absolute atomic E-state index is 13.9. The molecule has 1 unspecified atom stereocenters. The third kappa shape index (κ3) is 2.91. The van der Waals surface area contributed by atoms with E-state index in [0.717, 1.165) is 6.07 Å². The number of carbonyl (C=O) groups excluding carboxylic acids is 2. The monoisotopic (exact) mass is 345 g/mol. The van der Waals surface area contributed by atoms with E-state index < -0.39 is 23.7 Å². The van der Waals surface area contributed by atoms with E-state index in [4.69, 9.17) is 16.2 Å². The van der Waals surface area contributed by atoms with Crippen LogP contribution in [-0.4, -0.2) is 37.6 Å². The molecule has 108 valence electrons. The summed E-state index contributed by atoms with van der Waals surface area (Å²) in [5, 5.41) is 0. The summed E-state index contributed by atoms with van der Waals surface area (Å²) in [6.07, 6.45) is -0.800. The zero-order valence-electron chi connectivity index (χ0n) is 10.4. The maximum atomic E-state index is 13.9. The van der Waals surface area contributed by atoms with Crippen molar-refractivity contribution in [3.8, 4) is 0 Å². The Morgan fingerprint density at radius 3 is 2.70 bits per heavy atom. The molecule has 20 heavy (non-hydrogen) atoms. The van der Waals surface area contributed by atoms with Crippen LogP contribution in [0.5, 0.6) is 0 Å². The van der Waals surface area contributed by atoms with E-state index in [-0.39, 0.29) is 18.7 Å². The minimum absolute atomic E-state index is 0.144. The molecule has 1 heterocycles. The van der Waals surface area contributed by atoms with Gasteiger partial charge in [0.2, 0.25) is 5.91 Å². The van der Waals surface area contributed by atoms with Crippen LogP contribution in [0.1, 0.15) is 10.4 Å². The number of ether oxygens (including phenoxy) is 1. The number of benzene rings is 1. The first-order valence-corrected chi connectivity index (χ1v) is 6.64. The SMILES string of the molecule is NC(=O)c1c(F)cc(Br)cc1N1CCOC(C(N)=O)C1. The van der Waals surface area contributed by atoms with Crippen LogP contribution in [0, 0.1) is 5.82 Å². The number of halogens is 2. The largest absolute Gasteiger partial charge is 0.367 e. The lowest BCUT2D eigenvalue weighted by Gasteiger charge is -2.34. The molecule has 1 aromatic carbocycles. The normalized spacial score (nSPS) is 18.9. The van der Waals surface area contributed by atoms with Crippen LogP contribution in [-0.2, 0) is 9.53 Å². The first kappa shape index (κ1) is 14.7. The number of hydrogen-bond donors (Lipinski definition) is 2. The van der Waals surface area contributed by atoms with Crippen LogP contribution in [0.3, 0.4) is 0 Å². The second-order valence-corrected chi connectivity index (χ2v) is 5.27. The Balaban J connectivity index is 2.41. The lowest BCUT2D eigenvalue weighted by molar-refractivity contribution is -0.130. The van der Waals surface area contributed by atoms with Gasteiger partial charge in [-0.2, -0.15) is 0 Å². The molecule has 2 rings (SSSR count). The van der Waals surface area contributed by atoms with Gasteiger partial charge in [-0.05, 0) is 12.1 Å². The zero-order valence-corrected chi connectivity index (χ0v) is 12.0. The number of amides is 2. The van der Waals surface area contributed by atoms with E-state index in [1.54, 1.807) is 11.0 Å². The highest BCUT2D eigenvalue weighted by Crippen LogP contribution is 2.29. The highest BCUT2D eigenvalue weighted by atomic mass is 79.9. The van der Waals surface area contributed by atoms with Gasteiger partial charge in [0.1, 0.15) is 5.82 Å². The third-order valence-electron chi connectivity index (χ3n) is 3.01. The molecule has 4 N–H and O–H groups in total. The molecule has 1 saturated heterocycles. The predicted octanol–water partition coefficient (Wildman–Crippen LogP) is 0.378. The molecule has 0 saturated carbocycles. The molecule has 6 nitrogen and oxygen atoms in total. The van der Waals surface area contributed by atoms with E-state index in [2.05, 4.69) is 15.9 Å². The van der Waals surface area contributed by atoms with Crippen molar-refractivity contribution in [2.75, 3.05) is 24.6 Å². The van der Waals surface area contributed by atoms with Crippen LogP contribution < -0.4 is 16.4 Å². The Hall–Kier alpha value is -1.67. The lowest BCUT2D eigenvalue weighted by Crippen LogP contribution is -2.49. The third-order valence-corrected chi connectivity index (χ3v) is 3.46. The topological polar surface area (TPSA) is 98.7 Å². The molecule has 2 amide bonds. The fraction of sp³-hybridized carbons (Fsp3) is 0.333. The molecule has 1 atom stereocenters. The van der Waals surface area contributed by atoms with Crippen molar-refractivity contribution < 1.29 is 18.7 Å². The molecule has 8 heteroatoms. The quantitative estimate of drug-likeness (QED) is 0.827. The van der Waals surface area contributed by atoms with Gasteiger partial charge in [0.15, 0.2) is 6.10 Å². The van der Waals surface area contributed by atoms with Gasteiger partial charge in [-0.1, -0.05) is 15.9 Å². The number of hydrogen-bond acceptors (Lipinski definition) is 4. The minimum atomic E-state index is -0.868. The summed E-state index contributed by atoms with van der Waals surface area (Å²) in [4.78, 5) is 24.3. The summed E-state index contributed by atoms with van der Waals surface area (Å²) >= 11 is 3.17. The molecule has 0 aromatic heterocycles. The van der Waals surface area contributed by atoms with Gasteiger partial charge < -0.3 is 21.1 Å². The first-order valence-electron chi connectivity index (χ1n) is 5.85. The van der Waals surface area contributed by atoms with Gasteiger partial charge in [0, 0.05) is 11.0 Å². The van der Waals surface area contributed by atoms with Crippen molar-refractivity contribution in [2.24, 2.45) is 11.5 Å². The fourth-order valence-corrected chi connectivity index (χ4v) is 2.51. The lowest BCUT2D eigenvalue weighted by atomic mass is 10.1. The van der Waals surface area contributed by atoms with Gasteiger partial charge in [0.05, 0.1) is 24.4 Å². The van der Waals surface area contributed by atoms with Crippen LogP contribution in [0.2, 0.25) is 0 Å². The van der Waals surface area contributed by atoms with Crippen molar-refractivity contribution in [3.63, 3.8) is 0 Å². The number of nitrogens with two attached hydrogens (primary N) is 2. The molecule has 0 bridgehead atoms. The molecular weight excluding hydrogens is 333 g/mol. The Bertz CT molecular complexity index is 567. The minimum Gasteiger partial charge on any atom is -0.367 e. The number of primary amides is 2. The van der Waals surface area contributed by atoms with E-state index >= 15 is 0 Å². The van der Waals surface area contributed by atoms with Gasteiger partial charge in [-0.3, -0.25) is 9.59 Å². The molecule has 1 fully saturated rings. The summed E-state index contributed by atoms with van der Waals surface area (Å²) in [5.74, 6) is -2.19. The van der Waals surface area contributed by atoms with Crippen molar-refractivity contribution in [1.29, 1.82) is 0 Å². The van der Waals surface area contributed by atoms with E-state index in [1.165, 1.54) is 0 Å². The average Bonchev–Trinajstić information content (AvgIpc) is 2.37. The number of morpholine rings is 1. The first-order chi connectivity index (χ1) is 9.40. The van der Waals surface area contributed by atoms with Gasteiger partial charge >= 0.3 is 0 Å². The van der Waals surface area contributed by atoms with E-state index in [1.807, 2.05) is 0 Å². The molecule has 1 aliphatic rings. The molecule has 1 aromatic rings. The highest BCUT2D eigenvalue weighted by molar-refractivity contribution is 9.10. The summed E-state index contributed by atoms with van der Waals surface area (Å²) in [6.45, 7) is 0.797. The fourth-order valence-electron chi connectivity index (χ4n) is 2.09. The second-order valence-electron chi connectivity index (χ2n) is 4.35. The van der Waals surface area contributed by atoms with Crippen LogP contribution in [0.4, 0.5) is 10.1 Å². The Morgan fingerprint density at radius 1 is 1.40 bits per heavy atom. The summed E-state index contributed by atoms with van der Waals surface area (Å²) in [7, 11) is 0. The van der Waals surface area contributed by atoms with Crippen LogP contribution in [0.25, 0.3) is 0 Å². The highest BCUT2D eigenvalue weighted by Gasteiger charge is 2.28. The summed E-state index contributed by atoms with van der Waals surface area (Å²) < 4.78 is 19.6. The van der Waals surface area contributed by atoms with Crippen molar-refractivity contribution in [2.45, 2.75) is 6.10 Å². The van der Waals surface area contributed by atoms with Crippen molar-refractivity contribution >= 4 is 33.4 Å². The van der Waals surface area contributed by atoms with E-state index in [9.17, 15) is 14.0 Å². The Labute approximate surface area is 123 Å². The van der Waals surface area contributed by atoms with Gasteiger partial charge in [-0.25, -0.2) is 4.39 Å². The predicted molar refractivity (Wildman–Crippen MR) is 73.8 cm³/mol. The number of carbonyl (C=O) groups is 2.